The molecule has 0 radical (unpaired) electrons. The molecule has 0 aliphatic heterocycles. The van der Waals surface area contributed by atoms with Crippen LogP contribution >= 0.6 is 23.1 Å². The Morgan fingerprint density at radius 2 is 1.83 bits per heavy atom. The molecule has 2 N–H and O–H groups in total. The lowest BCUT2D eigenvalue weighted by Gasteiger charge is -2.09. The fraction of sp³-hybridized carbons (Fsp3) is 0.174. The number of H-pyrrole nitrogens is 1. The van der Waals surface area contributed by atoms with E-state index in [0.717, 1.165) is 27.9 Å². The number of rotatable bonds is 5. The van der Waals surface area contributed by atoms with Crippen LogP contribution in [0.2, 0.25) is 0 Å². The first-order valence-corrected chi connectivity index (χ1v) is 11.4. The Labute approximate surface area is 182 Å². The van der Waals surface area contributed by atoms with E-state index >= 15 is 0 Å². The zero-order valence-corrected chi connectivity index (χ0v) is 18.5. The van der Waals surface area contributed by atoms with Crippen LogP contribution in [0.3, 0.4) is 0 Å². The molecule has 1 amide bonds. The summed E-state index contributed by atoms with van der Waals surface area (Å²) >= 11 is 2.66. The highest BCUT2D eigenvalue weighted by Crippen LogP contribution is 2.31. The zero-order chi connectivity index (χ0) is 21.3. The molecule has 30 heavy (non-hydrogen) atoms. The van der Waals surface area contributed by atoms with Crippen molar-refractivity contribution < 1.29 is 4.79 Å². The second-order valence-corrected chi connectivity index (χ2v) is 9.04. The predicted octanol–water partition coefficient (Wildman–Crippen LogP) is 5.31. The summed E-state index contributed by atoms with van der Waals surface area (Å²) in [6.45, 7) is 5.97. The Morgan fingerprint density at radius 1 is 1.10 bits per heavy atom. The van der Waals surface area contributed by atoms with E-state index in [4.69, 9.17) is 0 Å². The van der Waals surface area contributed by atoms with Gasteiger partial charge < -0.3 is 10.3 Å². The highest BCUT2D eigenvalue weighted by molar-refractivity contribution is 7.99. The number of amides is 1. The number of fused-ring (bicyclic) bond motifs is 1. The standard InChI is InChI=1S/C23H21N3O2S2/c1-13-5-8-16(9-6-13)17-11-29-22-20(17)21(28)25-23(26-22)30-12-19(27)24-18-10-14(2)4-7-15(18)3/h4-11H,12H2,1-3H3,(H,24,27)(H,25,26,28). The molecule has 2 aromatic carbocycles. The molecule has 0 atom stereocenters. The summed E-state index contributed by atoms with van der Waals surface area (Å²) in [7, 11) is 0. The number of carbonyl (C=O) groups excluding carboxylic acids is 1. The molecule has 0 aliphatic carbocycles. The monoisotopic (exact) mass is 435 g/mol. The second kappa shape index (κ2) is 8.45. The number of hydrogen-bond acceptors (Lipinski definition) is 5. The van der Waals surface area contributed by atoms with E-state index in [9.17, 15) is 9.59 Å². The van der Waals surface area contributed by atoms with E-state index in [1.165, 1.54) is 28.7 Å². The van der Waals surface area contributed by atoms with E-state index in [-0.39, 0.29) is 17.2 Å². The molecule has 0 spiro atoms. The third-order valence-corrected chi connectivity index (χ3v) is 6.54. The molecule has 2 heterocycles. The molecule has 152 valence electrons. The van der Waals surface area contributed by atoms with Gasteiger partial charge >= 0.3 is 0 Å². The summed E-state index contributed by atoms with van der Waals surface area (Å²) in [6, 6.07) is 14.0. The average molecular weight is 436 g/mol. The summed E-state index contributed by atoms with van der Waals surface area (Å²) in [5.74, 6) is 0.0286. The van der Waals surface area contributed by atoms with Crippen LogP contribution in [0.25, 0.3) is 21.3 Å². The van der Waals surface area contributed by atoms with Gasteiger partial charge in [0.1, 0.15) is 4.83 Å². The lowest BCUT2D eigenvalue weighted by atomic mass is 10.1. The molecule has 5 nitrogen and oxygen atoms in total. The van der Waals surface area contributed by atoms with Crippen LogP contribution in [0, 0.1) is 20.8 Å². The highest BCUT2D eigenvalue weighted by Gasteiger charge is 2.14. The molecule has 0 saturated carbocycles. The number of aryl methyl sites for hydroxylation is 3. The molecular formula is C23H21N3O2S2. The number of carbonyl (C=O) groups is 1. The van der Waals surface area contributed by atoms with Gasteiger partial charge in [-0.1, -0.05) is 53.7 Å². The maximum Gasteiger partial charge on any atom is 0.260 e. The highest BCUT2D eigenvalue weighted by atomic mass is 32.2. The smallest absolute Gasteiger partial charge is 0.260 e. The van der Waals surface area contributed by atoms with Gasteiger partial charge in [-0.15, -0.1) is 11.3 Å². The van der Waals surface area contributed by atoms with Gasteiger partial charge in [-0.25, -0.2) is 4.98 Å². The van der Waals surface area contributed by atoms with E-state index in [1.54, 1.807) is 0 Å². The minimum absolute atomic E-state index is 0.136. The lowest BCUT2D eigenvalue weighted by Crippen LogP contribution is -2.16. The summed E-state index contributed by atoms with van der Waals surface area (Å²) in [6.07, 6.45) is 0. The third kappa shape index (κ3) is 4.32. The normalized spacial score (nSPS) is 11.0. The fourth-order valence-corrected chi connectivity index (χ4v) is 4.80. The maximum absolute atomic E-state index is 12.7. The first-order valence-electron chi connectivity index (χ1n) is 9.49. The number of aromatic nitrogens is 2. The van der Waals surface area contributed by atoms with Gasteiger partial charge in [-0.3, -0.25) is 9.59 Å². The largest absolute Gasteiger partial charge is 0.325 e. The van der Waals surface area contributed by atoms with Gasteiger partial charge in [0, 0.05) is 16.6 Å². The fourth-order valence-electron chi connectivity index (χ4n) is 3.13. The van der Waals surface area contributed by atoms with Gasteiger partial charge in [0.25, 0.3) is 5.56 Å². The Balaban J connectivity index is 1.51. The van der Waals surface area contributed by atoms with Crippen molar-refractivity contribution in [2.24, 2.45) is 0 Å². The van der Waals surface area contributed by atoms with Crippen molar-refractivity contribution in [3.63, 3.8) is 0 Å². The van der Waals surface area contributed by atoms with Crippen LogP contribution in [0.15, 0.2) is 57.8 Å². The van der Waals surface area contributed by atoms with E-state index in [0.29, 0.717) is 15.4 Å². The van der Waals surface area contributed by atoms with Gasteiger partial charge in [0.15, 0.2) is 5.16 Å². The van der Waals surface area contributed by atoms with Crippen LogP contribution in [-0.4, -0.2) is 21.6 Å². The summed E-state index contributed by atoms with van der Waals surface area (Å²) in [5.41, 5.74) is 5.76. The molecule has 4 rings (SSSR count). The number of benzene rings is 2. The molecule has 0 aliphatic rings. The maximum atomic E-state index is 12.7. The van der Waals surface area contributed by atoms with Crippen molar-refractivity contribution >= 4 is 44.9 Å². The first kappa shape index (κ1) is 20.4. The van der Waals surface area contributed by atoms with Gasteiger partial charge in [0.05, 0.1) is 11.1 Å². The van der Waals surface area contributed by atoms with Crippen molar-refractivity contribution in [3.8, 4) is 11.1 Å². The minimum atomic E-state index is -0.186. The van der Waals surface area contributed by atoms with Crippen molar-refractivity contribution in [1.29, 1.82) is 0 Å². The summed E-state index contributed by atoms with van der Waals surface area (Å²) < 4.78 is 0. The van der Waals surface area contributed by atoms with Gasteiger partial charge in [0.2, 0.25) is 5.91 Å². The topological polar surface area (TPSA) is 74.8 Å². The molecule has 0 fully saturated rings. The van der Waals surface area contributed by atoms with E-state index in [1.807, 2.05) is 68.6 Å². The third-order valence-electron chi connectivity index (χ3n) is 4.79. The van der Waals surface area contributed by atoms with Crippen molar-refractivity contribution in [3.05, 3.63) is 74.9 Å². The van der Waals surface area contributed by atoms with Crippen LogP contribution in [-0.2, 0) is 4.79 Å². The van der Waals surface area contributed by atoms with Crippen molar-refractivity contribution in [1.82, 2.24) is 9.97 Å². The number of thioether (sulfide) groups is 1. The second-order valence-electron chi connectivity index (χ2n) is 7.22. The Bertz CT molecular complexity index is 1290. The number of hydrogen-bond donors (Lipinski definition) is 2. The zero-order valence-electron chi connectivity index (χ0n) is 16.9. The Morgan fingerprint density at radius 3 is 2.60 bits per heavy atom. The van der Waals surface area contributed by atoms with Crippen LogP contribution in [0.5, 0.6) is 0 Å². The number of anilines is 1. The average Bonchev–Trinajstić information content (AvgIpc) is 3.14. The number of nitrogens with one attached hydrogen (secondary N) is 2. The van der Waals surface area contributed by atoms with Gasteiger partial charge in [-0.2, -0.15) is 0 Å². The minimum Gasteiger partial charge on any atom is -0.325 e. The molecule has 7 heteroatoms. The molecule has 0 unspecified atom stereocenters. The molecule has 4 aromatic rings. The van der Waals surface area contributed by atoms with Crippen LogP contribution < -0.4 is 10.9 Å². The van der Waals surface area contributed by atoms with Crippen molar-refractivity contribution in [2.75, 3.05) is 11.1 Å². The molecule has 0 bridgehead atoms. The lowest BCUT2D eigenvalue weighted by molar-refractivity contribution is -0.113. The van der Waals surface area contributed by atoms with Crippen LogP contribution in [0.1, 0.15) is 16.7 Å². The van der Waals surface area contributed by atoms with Crippen LogP contribution in [0.4, 0.5) is 5.69 Å². The number of nitrogens with zero attached hydrogens (tertiary/aromatic N) is 1. The van der Waals surface area contributed by atoms with Gasteiger partial charge in [-0.05, 0) is 43.5 Å². The van der Waals surface area contributed by atoms with Crippen molar-refractivity contribution in [2.45, 2.75) is 25.9 Å². The SMILES string of the molecule is Cc1ccc(-c2csc3nc(SCC(=O)Nc4cc(C)ccc4C)[nH]c(=O)c23)cc1. The summed E-state index contributed by atoms with van der Waals surface area (Å²) in [5, 5.41) is 5.92. The van der Waals surface area contributed by atoms with E-state index < -0.39 is 0 Å². The molecular weight excluding hydrogens is 414 g/mol. The predicted molar refractivity (Wildman–Crippen MR) is 126 cm³/mol. The number of thiophene rings is 1. The van der Waals surface area contributed by atoms with E-state index in [2.05, 4.69) is 15.3 Å². The molecule has 2 aromatic heterocycles. The Kier molecular flexibility index (Phi) is 5.74. The number of aromatic amines is 1. The summed E-state index contributed by atoms with van der Waals surface area (Å²) in [4.78, 5) is 33.2. The quantitative estimate of drug-likeness (QED) is 0.329. The molecule has 0 saturated heterocycles. The Hall–Kier alpha value is -2.90. The first-order chi connectivity index (χ1) is 14.4.